The van der Waals surface area contributed by atoms with Gasteiger partial charge in [-0.15, -0.1) is 5.26 Å². The Labute approximate surface area is 65.1 Å². The third kappa shape index (κ3) is 2.20. The van der Waals surface area contributed by atoms with Gasteiger partial charge in [-0.1, -0.05) is 0 Å². The molecule has 1 saturated heterocycles. The highest BCUT2D eigenvalue weighted by molar-refractivity contribution is 5.73. The van der Waals surface area contributed by atoms with Crippen LogP contribution >= 0.6 is 0 Å². The summed E-state index contributed by atoms with van der Waals surface area (Å²) in [7, 11) is 0. The summed E-state index contributed by atoms with van der Waals surface area (Å²) in [4.78, 5) is 10.9. The van der Waals surface area contributed by atoms with Gasteiger partial charge >= 0.3 is 5.97 Å². The summed E-state index contributed by atoms with van der Waals surface area (Å²) in [5, 5.41) is 11.2. The lowest BCUT2D eigenvalue weighted by atomic mass is 9.99. The summed E-state index contributed by atoms with van der Waals surface area (Å²) in [6, 6.07) is 0. The van der Waals surface area contributed by atoms with Gasteiger partial charge in [0.1, 0.15) is 0 Å². The molecular weight excluding hydrogens is 144 g/mol. The van der Waals surface area contributed by atoms with E-state index in [2.05, 4.69) is 10.1 Å². The normalized spacial score (nSPS) is 18.8. The number of carbonyl (C=O) groups is 1. The Morgan fingerprint density at radius 2 is 2.18 bits per heavy atom. The maximum absolute atomic E-state index is 10.9. The quantitative estimate of drug-likeness (QED) is 0.427. The average Bonchev–Trinajstić information content (AvgIpc) is 2.07. The van der Waals surface area contributed by atoms with Crippen molar-refractivity contribution in [3.63, 3.8) is 0 Å². The summed E-state index contributed by atoms with van der Waals surface area (Å²) in [6.45, 7) is 1.68. The van der Waals surface area contributed by atoms with Crippen LogP contribution < -0.4 is 5.32 Å². The molecule has 1 rings (SSSR count). The van der Waals surface area contributed by atoms with Crippen LogP contribution in [0.3, 0.4) is 0 Å². The van der Waals surface area contributed by atoms with Gasteiger partial charge in [0.2, 0.25) is 0 Å². The van der Waals surface area contributed by atoms with Crippen LogP contribution in [0.2, 0.25) is 0 Å². The van der Waals surface area contributed by atoms with Crippen molar-refractivity contribution in [1.29, 1.82) is 5.26 Å². The van der Waals surface area contributed by atoms with Crippen LogP contribution in [0, 0.1) is 17.4 Å². The summed E-state index contributed by atoms with van der Waals surface area (Å²) < 4.78 is 4.22. The van der Waals surface area contributed by atoms with Crippen molar-refractivity contribution in [2.24, 2.45) is 5.92 Å². The second-order valence-electron chi connectivity index (χ2n) is 2.54. The molecule has 0 atom stereocenters. The van der Waals surface area contributed by atoms with Crippen LogP contribution in [0.25, 0.3) is 0 Å². The highest BCUT2D eigenvalue weighted by atomic mass is 16.5. The predicted octanol–water partition coefficient (Wildman–Crippen LogP) is 0.0103. The zero-order valence-corrected chi connectivity index (χ0v) is 6.17. The number of hydrogen-bond donors (Lipinski definition) is 1. The summed E-state index contributed by atoms with van der Waals surface area (Å²) >= 11 is 0. The molecule has 0 radical (unpaired) electrons. The number of ether oxygens (including phenoxy) is 1. The molecule has 1 heterocycles. The van der Waals surface area contributed by atoms with E-state index in [0.717, 1.165) is 25.9 Å². The van der Waals surface area contributed by atoms with Crippen molar-refractivity contribution >= 4 is 5.97 Å². The van der Waals surface area contributed by atoms with E-state index >= 15 is 0 Å². The Balaban J connectivity index is 2.34. The SMILES string of the molecule is N#COC(=O)C1CCNCC1. The lowest BCUT2D eigenvalue weighted by Gasteiger charge is -2.18. The van der Waals surface area contributed by atoms with Crippen molar-refractivity contribution in [2.75, 3.05) is 13.1 Å². The van der Waals surface area contributed by atoms with E-state index in [0.29, 0.717) is 0 Å². The molecule has 0 unspecified atom stereocenters. The van der Waals surface area contributed by atoms with Gasteiger partial charge in [0.25, 0.3) is 6.26 Å². The second-order valence-corrected chi connectivity index (χ2v) is 2.54. The summed E-state index contributed by atoms with van der Waals surface area (Å²) in [6.07, 6.45) is 2.95. The Bertz CT molecular complexity index is 179. The smallest absolute Gasteiger partial charge is 0.324 e. The topological polar surface area (TPSA) is 62.1 Å². The number of nitriles is 1. The molecule has 1 aliphatic rings. The van der Waals surface area contributed by atoms with Crippen molar-refractivity contribution in [3.8, 4) is 6.26 Å². The molecule has 60 valence electrons. The van der Waals surface area contributed by atoms with Crippen molar-refractivity contribution in [2.45, 2.75) is 12.8 Å². The van der Waals surface area contributed by atoms with E-state index < -0.39 is 0 Å². The molecule has 0 aliphatic carbocycles. The third-order valence-corrected chi connectivity index (χ3v) is 1.82. The van der Waals surface area contributed by atoms with Crippen LogP contribution in [0.1, 0.15) is 12.8 Å². The highest BCUT2D eigenvalue weighted by Gasteiger charge is 2.22. The molecule has 0 bridgehead atoms. The van der Waals surface area contributed by atoms with Gasteiger partial charge in [-0.25, -0.2) is 0 Å². The first-order valence-electron chi connectivity index (χ1n) is 3.65. The van der Waals surface area contributed by atoms with Gasteiger partial charge < -0.3 is 10.1 Å². The van der Waals surface area contributed by atoms with E-state index in [1.54, 1.807) is 0 Å². The first-order valence-corrected chi connectivity index (χ1v) is 3.65. The van der Waals surface area contributed by atoms with Gasteiger partial charge in [0.05, 0.1) is 5.92 Å². The molecule has 4 heteroatoms. The number of nitrogens with zero attached hydrogens (tertiary/aromatic N) is 1. The first-order chi connectivity index (χ1) is 5.34. The Morgan fingerprint density at radius 1 is 1.55 bits per heavy atom. The monoisotopic (exact) mass is 154 g/mol. The maximum Gasteiger partial charge on any atom is 0.324 e. The molecule has 0 aromatic carbocycles. The Morgan fingerprint density at radius 3 is 2.73 bits per heavy atom. The van der Waals surface area contributed by atoms with Crippen LogP contribution in [0.15, 0.2) is 0 Å². The van der Waals surface area contributed by atoms with Crippen molar-refractivity contribution in [3.05, 3.63) is 0 Å². The maximum atomic E-state index is 10.9. The van der Waals surface area contributed by atoms with Gasteiger partial charge in [0, 0.05) is 0 Å². The van der Waals surface area contributed by atoms with Gasteiger partial charge in [0.15, 0.2) is 0 Å². The highest BCUT2D eigenvalue weighted by Crippen LogP contribution is 2.12. The molecule has 0 saturated carbocycles. The number of hydrogen-bond acceptors (Lipinski definition) is 4. The Hall–Kier alpha value is -1.08. The van der Waals surface area contributed by atoms with Crippen LogP contribution in [-0.2, 0) is 9.53 Å². The molecular formula is C7H10N2O2. The van der Waals surface area contributed by atoms with Crippen molar-refractivity contribution in [1.82, 2.24) is 5.32 Å². The fourth-order valence-corrected chi connectivity index (χ4v) is 1.19. The fraction of sp³-hybridized carbons (Fsp3) is 0.714. The van der Waals surface area contributed by atoms with Crippen LogP contribution in [0.4, 0.5) is 0 Å². The van der Waals surface area contributed by atoms with Crippen molar-refractivity contribution < 1.29 is 9.53 Å². The van der Waals surface area contributed by atoms with E-state index in [1.807, 2.05) is 0 Å². The molecule has 4 nitrogen and oxygen atoms in total. The van der Waals surface area contributed by atoms with E-state index in [4.69, 9.17) is 5.26 Å². The van der Waals surface area contributed by atoms with Crippen LogP contribution in [0.5, 0.6) is 0 Å². The lowest BCUT2D eigenvalue weighted by Crippen LogP contribution is -2.32. The number of piperidine rings is 1. The zero-order chi connectivity index (χ0) is 8.10. The average molecular weight is 154 g/mol. The van der Waals surface area contributed by atoms with E-state index in [-0.39, 0.29) is 11.9 Å². The minimum Gasteiger partial charge on any atom is -0.351 e. The van der Waals surface area contributed by atoms with Gasteiger partial charge in [-0.2, -0.15) is 0 Å². The second kappa shape index (κ2) is 3.94. The van der Waals surface area contributed by atoms with Gasteiger partial charge in [-0.05, 0) is 25.9 Å². The molecule has 0 aromatic rings. The zero-order valence-electron chi connectivity index (χ0n) is 6.17. The number of nitrogens with one attached hydrogen (secondary N) is 1. The molecule has 1 fully saturated rings. The fourth-order valence-electron chi connectivity index (χ4n) is 1.19. The lowest BCUT2D eigenvalue weighted by molar-refractivity contribution is -0.142. The molecule has 1 aliphatic heterocycles. The molecule has 11 heavy (non-hydrogen) atoms. The number of carbonyl (C=O) groups excluding carboxylic acids is 1. The largest absolute Gasteiger partial charge is 0.351 e. The minimum absolute atomic E-state index is 0.0732. The summed E-state index contributed by atoms with van der Waals surface area (Å²) in [5.74, 6) is -0.454. The molecule has 0 aromatic heterocycles. The Kier molecular flexibility index (Phi) is 2.87. The number of esters is 1. The summed E-state index contributed by atoms with van der Waals surface area (Å²) in [5.41, 5.74) is 0. The third-order valence-electron chi connectivity index (χ3n) is 1.82. The van der Waals surface area contributed by atoms with Gasteiger partial charge in [-0.3, -0.25) is 4.79 Å². The standard InChI is InChI=1S/C7H10N2O2/c8-5-11-7(10)6-1-3-9-4-2-6/h6,9H,1-4H2. The predicted molar refractivity (Wildman–Crippen MR) is 37.3 cm³/mol. The molecule has 1 N–H and O–H groups in total. The first kappa shape index (κ1) is 8.02. The number of rotatable bonds is 1. The molecule has 0 spiro atoms. The van der Waals surface area contributed by atoms with E-state index in [9.17, 15) is 4.79 Å². The van der Waals surface area contributed by atoms with Crippen LogP contribution in [-0.4, -0.2) is 19.1 Å². The minimum atomic E-state index is -0.381. The molecule has 0 amide bonds. The van der Waals surface area contributed by atoms with E-state index in [1.165, 1.54) is 6.26 Å².